The van der Waals surface area contributed by atoms with Gasteiger partial charge in [0.15, 0.2) is 0 Å². The van der Waals surface area contributed by atoms with Crippen molar-refractivity contribution in [3.05, 3.63) is 60.3 Å². The lowest BCUT2D eigenvalue weighted by Crippen LogP contribution is -2.44. The molecule has 22 heavy (non-hydrogen) atoms. The van der Waals surface area contributed by atoms with Crippen molar-refractivity contribution in [3.63, 3.8) is 0 Å². The number of aromatic nitrogens is 1. The molecule has 1 atom stereocenters. The maximum absolute atomic E-state index is 9.66. The number of piperidine rings is 1. The fourth-order valence-corrected chi connectivity index (χ4v) is 3.04. The van der Waals surface area contributed by atoms with Crippen LogP contribution in [0.1, 0.15) is 24.4 Å². The Morgan fingerprint density at radius 3 is 2.45 bits per heavy atom. The van der Waals surface area contributed by atoms with Gasteiger partial charge < -0.3 is 15.3 Å². The number of hydrogen-bond donors (Lipinski definition) is 2. The molecule has 4 heteroatoms. The number of nitrogens with zero attached hydrogens (tertiary/aromatic N) is 2. The minimum atomic E-state index is 0.0209. The van der Waals surface area contributed by atoms with Crippen molar-refractivity contribution in [2.75, 3.05) is 24.6 Å². The minimum Gasteiger partial charge on any atom is -0.394 e. The van der Waals surface area contributed by atoms with Crippen LogP contribution in [0.4, 0.5) is 5.82 Å². The summed E-state index contributed by atoms with van der Waals surface area (Å²) in [7, 11) is 0. The second-order valence-electron chi connectivity index (χ2n) is 5.76. The molecule has 1 aromatic carbocycles. The van der Waals surface area contributed by atoms with Crippen LogP contribution < -0.4 is 10.2 Å². The van der Waals surface area contributed by atoms with E-state index in [1.165, 1.54) is 0 Å². The average Bonchev–Trinajstić information content (AvgIpc) is 2.62. The van der Waals surface area contributed by atoms with E-state index in [0.717, 1.165) is 37.3 Å². The number of pyridine rings is 1. The minimum absolute atomic E-state index is 0.0209. The van der Waals surface area contributed by atoms with Crippen LogP contribution in [-0.4, -0.2) is 35.8 Å². The lowest BCUT2D eigenvalue weighted by atomic mass is 10.0. The van der Waals surface area contributed by atoms with Gasteiger partial charge in [-0.2, -0.15) is 0 Å². The first-order chi connectivity index (χ1) is 10.9. The SMILES string of the molecule is OC[C@H](NC1CCN(c2ccccn2)CC1)c1ccccc1. The van der Waals surface area contributed by atoms with Crippen molar-refractivity contribution in [2.24, 2.45) is 0 Å². The van der Waals surface area contributed by atoms with E-state index in [4.69, 9.17) is 0 Å². The maximum Gasteiger partial charge on any atom is 0.128 e. The quantitative estimate of drug-likeness (QED) is 0.889. The molecule has 2 N–H and O–H groups in total. The monoisotopic (exact) mass is 297 g/mol. The first-order valence-electron chi connectivity index (χ1n) is 7.94. The smallest absolute Gasteiger partial charge is 0.128 e. The number of aliphatic hydroxyl groups excluding tert-OH is 1. The highest BCUT2D eigenvalue weighted by molar-refractivity contribution is 5.38. The molecule has 0 unspecified atom stereocenters. The Hall–Kier alpha value is -1.91. The molecule has 1 aliphatic heterocycles. The number of hydrogen-bond acceptors (Lipinski definition) is 4. The summed E-state index contributed by atoms with van der Waals surface area (Å²) in [6.45, 7) is 2.13. The lowest BCUT2D eigenvalue weighted by molar-refractivity contribution is 0.225. The molecule has 0 saturated carbocycles. The molecular formula is C18H23N3O. The van der Waals surface area contributed by atoms with Crippen molar-refractivity contribution in [1.29, 1.82) is 0 Å². The maximum atomic E-state index is 9.66. The average molecular weight is 297 g/mol. The van der Waals surface area contributed by atoms with Crippen molar-refractivity contribution >= 4 is 5.82 Å². The molecule has 1 aromatic heterocycles. The van der Waals surface area contributed by atoms with Crippen LogP contribution in [0, 0.1) is 0 Å². The van der Waals surface area contributed by atoms with Crippen LogP contribution in [-0.2, 0) is 0 Å². The van der Waals surface area contributed by atoms with E-state index in [9.17, 15) is 5.11 Å². The Morgan fingerprint density at radius 1 is 1.09 bits per heavy atom. The van der Waals surface area contributed by atoms with E-state index in [-0.39, 0.29) is 12.6 Å². The summed E-state index contributed by atoms with van der Waals surface area (Å²) < 4.78 is 0. The molecule has 0 amide bonds. The summed E-state index contributed by atoms with van der Waals surface area (Å²) in [6.07, 6.45) is 3.98. The van der Waals surface area contributed by atoms with Crippen LogP contribution in [0.15, 0.2) is 54.7 Å². The van der Waals surface area contributed by atoms with E-state index in [1.807, 2.05) is 36.5 Å². The third-order valence-corrected chi connectivity index (χ3v) is 4.29. The summed E-state index contributed by atoms with van der Waals surface area (Å²) in [4.78, 5) is 6.75. The van der Waals surface area contributed by atoms with Gasteiger partial charge >= 0.3 is 0 Å². The van der Waals surface area contributed by atoms with Gasteiger partial charge in [0.05, 0.1) is 12.6 Å². The van der Waals surface area contributed by atoms with Gasteiger partial charge in [-0.25, -0.2) is 4.98 Å². The van der Waals surface area contributed by atoms with Crippen LogP contribution in [0.25, 0.3) is 0 Å². The van der Waals surface area contributed by atoms with Crippen LogP contribution in [0.3, 0.4) is 0 Å². The predicted octanol–water partition coefficient (Wildman–Crippen LogP) is 2.37. The van der Waals surface area contributed by atoms with Crippen molar-refractivity contribution in [1.82, 2.24) is 10.3 Å². The second-order valence-corrected chi connectivity index (χ2v) is 5.76. The fraction of sp³-hybridized carbons (Fsp3) is 0.389. The summed E-state index contributed by atoms with van der Waals surface area (Å²) >= 11 is 0. The molecular weight excluding hydrogens is 274 g/mol. The van der Waals surface area contributed by atoms with E-state index >= 15 is 0 Å². The largest absolute Gasteiger partial charge is 0.394 e. The number of benzene rings is 1. The van der Waals surface area contributed by atoms with Gasteiger partial charge in [-0.1, -0.05) is 36.4 Å². The van der Waals surface area contributed by atoms with Gasteiger partial charge in [0.25, 0.3) is 0 Å². The van der Waals surface area contributed by atoms with Crippen LogP contribution >= 0.6 is 0 Å². The lowest BCUT2D eigenvalue weighted by Gasteiger charge is -2.35. The Bertz CT molecular complexity index is 553. The fourth-order valence-electron chi connectivity index (χ4n) is 3.04. The molecule has 0 aliphatic carbocycles. The number of aliphatic hydroxyl groups is 1. The summed E-state index contributed by atoms with van der Waals surface area (Å²) in [6, 6.07) is 16.7. The number of anilines is 1. The predicted molar refractivity (Wildman–Crippen MR) is 88.9 cm³/mol. The third kappa shape index (κ3) is 3.64. The standard InChI is InChI=1S/C18H23N3O/c22-14-17(15-6-2-1-3-7-15)20-16-9-12-21(13-10-16)18-8-4-5-11-19-18/h1-8,11,16-17,20,22H,9-10,12-14H2/t17-/m0/s1. The number of nitrogens with one attached hydrogen (secondary N) is 1. The second kappa shape index (κ2) is 7.38. The molecule has 0 spiro atoms. The van der Waals surface area contributed by atoms with Crippen molar-refractivity contribution < 1.29 is 5.11 Å². The molecule has 2 heterocycles. The van der Waals surface area contributed by atoms with Gasteiger partial charge in [-0.15, -0.1) is 0 Å². The van der Waals surface area contributed by atoms with Crippen LogP contribution in [0.2, 0.25) is 0 Å². The van der Waals surface area contributed by atoms with Crippen molar-refractivity contribution in [2.45, 2.75) is 24.9 Å². The van der Waals surface area contributed by atoms with Gasteiger partial charge in [-0.3, -0.25) is 0 Å². The third-order valence-electron chi connectivity index (χ3n) is 4.29. The first kappa shape index (κ1) is 15.0. The van der Waals surface area contributed by atoms with Gasteiger partial charge in [0.1, 0.15) is 5.82 Å². The van der Waals surface area contributed by atoms with Gasteiger partial charge in [-0.05, 0) is 30.5 Å². The zero-order valence-corrected chi connectivity index (χ0v) is 12.7. The highest BCUT2D eigenvalue weighted by atomic mass is 16.3. The first-order valence-corrected chi connectivity index (χ1v) is 7.94. The van der Waals surface area contributed by atoms with E-state index in [2.05, 4.69) is 33.4 Å². The molecule has 0 bridgehead atoms. The van der Waals surface area contributed by atoms with E-state index < -0.39 is 0 Å². The molecule has 3 rings (SSSR count). The Morgan fingerprint density at radius 2 is 1.82 bits per heavy atom. The molecule has 1 aliphatic rings. The molecule has 2 aromatic rings. The number of rotatable bonds is 5. The Kier molecular flexibility index (Phi) is 5.03. The Balaban J connectivity index is 1.55. The molecule has 4 nitrogen and oxygen atoms in total. The molecule has 1 saturated heterocycles. The normalized spacial score (nSPS) is 17.4. The highest BCUT2D eigenvalue weighted by Crippen LogP contribution is 2.20. The summed E-state index contributed by atoms with van der Waals surface area (Å²) in [5.41, 5.74) is 1.15. The van der Waals surface area contributed by atoms with Gasteiger partial charge in [0.2, 0.25) is 0 Å². The molecule has 1 fully saturated rings. The van der Waals surface area contributed by atoms with Crippen molar-refractivity contribution in [3.8, 4) is 0 Å². The molecule has 0 radical (unpaired) electrons. The molecule has 116 valence electrons. The Labute approximate surface area is 131 Å². The van der Waals surface area contributed by atoms with E-state index in [1.54, 1.807) is 0 Å². The summed E-state index contributed by atoms with van der Waals surface area (Å²) in [5, 5.41) is 13.3. The van der Waals surface area contributed by atoms with Crippen LogP contribution in [0.5, 0.6) is 0 Å². The topological polar surface area (TPSA) is 48.4 Å². The highest BCUT2D eigenvalue weighted by Gasteiger charge is 2.22. The zero-order chi connectivity index (χ0) is 15.2. The zero-order valence-electron chi connectivity index (χ0n) is 12.7. The summed E-state index contributed by atoms with van der Waals surface area (Å²) in [5.74, 6) is 1.06. The van der Waals surface area contributed by atoms with E-state index in [0.29, 0.717) is 6.04 Å². The van der Waals surface area contributed by atoms with Gasteiger partial charge in [0, 0.05) is 25.3 Å².